The predicted octanol–water partition coefficient (Wildman–Crippen LogP) is 3.32. The van der Waals surface area contributed by atoms with Crippen molar-refractivity contribution in [3.8, 4) is 11.1 Å². The number of nitrogens with zero attached hydrogens (tertiary/aromatic N) is 2. The zero-order valence-corrected chi connectivity index (χ0v) is 10.7. The fourth-order valence-corrected chi connectivity index (χ4v) is 2.19. The molecule has 0 saturated carbocycles. The lowest BCUT2D eigenvalue weighted by molar-refractivity contribution is 0.812. The molecule has 0 saturated heterocycles. The highest BCUT2D eigenvalue weighted by atomic mass is 14.7. The number of hydrogen-bond donors (Lipinski definition) is 1. The van der Waals surface area contributed by atoms with E-state index in [0.29, 0.717) is 0 Å². The Bertz CT molecular complexity index is 715. The molecule has 0 aliphatic rings. The average molecular weight is 249 g/mol. The van der Waals surface area contributed by atoms with E-state index in [9.17, 15) is 0 Å². The first-order chi connectivity index (χ1) is 9.25. The van der Waals surface area contributed by atoms with E-state index < -0.39 is 0 Å². The normalized spacial score (nSPS) is 12.5. The minimum Gasteiger partial charge on any atom is -0.324 e. The van der Waals surface area contributed by atoms with Crippen LogP contribution in [0.3, 0.4) is 0 Å². The van der Waals surface area contributed by atoms with Crippen molar-refractivity contribution in [1.29, 1.82) is 0 Å². The van der Waals surface area contributed by atoms with Crippen molar-refractivity contribution >= 4 is 10.9 Å². The lowest BCUT2D eigenvalue weighted by Crippen LogP contribution is -2.05. The molecule has 2 aromatic heterocycles. The van der Waals surface area contributed by atoms with Crippen molar-refractivity contribution < 1.29 is 0 Å². The van der Waals surface area contributed by atoms with E-state index in [1.165, 1.54) is 0 Å². The highest BCUT2D eigenvalue weighted by Gasteiger charge is 2.07. The Hall–Kier alpha value is -2.26. The third kappa shape index (κ3) is 2.20. The number of para-hydroxylation sites is 1. The number of nitrogens with two attached hydrogens (primary N) is 1. The molecular formula is C16H15N3. The van der Waals surface area contributed by atoms with E-state index in [2.05, 4.69) is 34.2 Å². The Morgan fingerprint density at radius 3 is 2.79 bits per heavy atom. The van der Waals surface area contributed by atoms with Crippen LogP contribution in [0.4, 0.5) is 0 Å². The van der Waals surface area contributed by atoms with Crippen LogP contribution in [0.15, 0.2) is 55.0 Å². The van der Waals surface area contributed by atoms with Gasteiger partial charge in [0.15, 0.2) is 0 Å². The fraction of sp³-hybridized carbons (Fsp3) is 0.125. The second-order valence-electron chi connectivity index (χ2n) is 4.68. The molecule has 19 heavy (non-hydrogen) atoms. The molecule has 3 nitrogen and oxygen atoms in total. The molecule has 1 atom stereocenters. The van der Waals surface area contributed by atoms with Gasteiger partial charge in [0.2, 0.25) is 0 Å². The molecule has 3 aromatic rings. The summed E-state index contributed by atoms with van der Waals surface area (Å²) in [5, 5.41) is 1.13. The summed E-state index contributed by atoms with van der Waals surface area (Å²) in [6.07, 6.45) is 5.48. The third-order valence-corrected chi connectivity index (χ3v) is 3.23. The van der Waals surface area contributed by atoms with Gasteiger partial charge in [-0.1, -0.05) is 24.3 Å². The molecule has 3 heteroatoms. The number of hydrogen-bond acceptors (Lipinski definition) is 3. The minimum atomic E-state index is -0.0182. The number of fused-ring (bicyclic) bond motifs is 1. The van der Waals surface area contributed by atoms with Gasteiger partial charge in [-0.05, 0) is 24.6 Å². The number of pyridine rings is 2. The van der Waals surface area contributed by atoms with Gasteiger partial charge in [0.1, 0.15) is 0 Å². The summed E-state index contributed by atoms with van der Waals surface area (Å²) < 4.78 is 0. The van der Waals surface area contributed by atoms with Crippen LogP contribution in [0.2, 0.25) is 0 Å². The molecule has 2 N–H and O–H groups in total. The minimum absolute atomic E-state index is 0.0182. The number of rotatable bonds is 2. The lowest BCUT2D eigenvalue weighted by Gasteiger charge is -2.09. The molecule has 94 valence electrons. The van der Waals surface area contributed by atoms with Crippen molar-refractivity contribution in [2.45, 2.75) is 13.0 Å². The Morgan fingerprint density at radius 2 is 1.95 bits per heavy atom. The maximum atomic E-state index is 5.92. The molecule has 0 bridgehead atoms. The summed E-state index contributed by atoms with van der Waals surface area (Å²) in [4.78, 5) is 8.75. The van der Waals surface area contributed by atoms with Crippen LogP contribution in [0.25, 0.3) is 22.0 Å². The summed E-state index contributed by atoms with van der Waals surface area (Å²) >= 11 is 0. The molecule has 0 spiro atoms. The summed E-state index contributed by atoms with van der Waals surface area (Å²) in [5.74, 6) is 0. The molecule has 0 aliphatic carbocycles. The predicted molar refractivity (Wildman–Crippen MR) is 77.6 cm³/mol. The van der Waals surface area contributed by atoms with Crippen LogP contribution in [-0.2, 0) is 0 Å². The van der Waals surface area contributed by atoms with Crippen molar-refractivity contribution in [2.75, 3.05) is 0 Å². The van der Waals surface area contributed by atoms with Crippen LogP contribution in [-0.4, -0.2) is 9.97 Å². The van der Waals surface area contributed by atoms with E-state index >= 15 is 0 Å². The highest BCUT2D eigenvalue weighted by Crippen LogP contribution is 2.27. The lowest BCUT2D eigenvalue weighted by atomic mass is 10.0. The second-order valence-corrected chi connectivity index (χ2v) is 4.68. The second kappa shape index (κ2) is 4.78. The number of benzene rings is 1. The summed E-state index contributed by atoms with van der Waals surface area (Å²) in [7, 11) is 0. The molecule has 3 rings (SSSR count). The van der Waals surface area contributed by atoms with Crippen molar-refractivity contribution in [3.05, 3.63) is 60.6 Å². The van der Waals surface area contributed by atoms with E-state index in [4.69, 9.17) is 5.73 Å². The van der Waals surface area contributed by atoms with Crippen molar-refractivity contribution in [1.82, 2.24) is 9.97 Å². The van der Waals surface area contributed by atoms with E-state index in [-0.39, 0.29) is 6.04 Å². The average Bonchev–Trinajstić information content (AvgIpc) is 2.47. The molecule has 0 amide bonds. The molecule has 1 aromatic carbocycles. The van der Waals surface area contributed by atoms with Crippen LogP contribution in [0.1, 0.15) is 18.5 Å². The summed E-state index contributed by atoms with van der Waals surface area (Å²) in [5.41, 5.74) is 10.1. The zero-order chi connectivity index (χ0) is 13.2. The fourth-order valence-electron chi connectivity index (χ4n) is 2.19. The van der Waals surface area contributed by atoms with E-state index in [1.54, 1.807) is 0 Å². The first kappa shape index (κ1) is 11.8. The highest BCUT2D eigenvalue weighted by molar-refractivity contribution is 5.93. The molecule has 1 unspecified atom stereocenters. The Balaban J connectivity index is 2.22. The largest absolute Gasteiger partial charge is 0.324 e. The van der Waals surface area contributed by atoms with Crippen molar-refractivity contribution in [3.63, 3.8) is 0 Å². The van der Waals surface area contributed by atoms with Gasteiger partial charge in [-0.25, -0.2) is 0 Å². The van der Waals surface area contributed by atoms with Gasteiger partial charge in [0.05, 0.1) is 5.52 Å². The topological polar surface area (TPSA) is 51.8 Å². The van der Waals surface area contributed by atoms with E-state index in [0.717, 1.165) is 27.6 Å². The summed E-state index contributed by atoms with van der Waals surface area (Å²) in [6.45, 7) is 1.96. The smallest absolute Gasteiger partial charge is 0.0780 e. The van der Waals surface area contributed by atoms with Crippen LogP contribution in [0, 0.1) is 0 Å². The van der Waals surface area contributed by atoms with Crippen LogP contribution < -0.4 is 5.73 Å². The Labute approximate surface area is 112 Å². The number of aromatic nitrogens is 2. The maximum absolute atomic E-state index is 5.92. The Kier molecular flexibility index (Phi) is 2.97. The monoisotopic (exact) mass is 249 g/mol. The van der Waals surface area contributed by atoms with E-state index in [1.807, 2.05) is 37.6 Å². The van der Waals surface area contributed by atoms with Gasteiger partial charge in [-0.2, -0.15) is 0 Å². The molecule has 0 fully saturated rings. The zero-order valence-electron chi connectivity index (χ0n) is 10.7. The SMILES string of the molecule is CC(N)c1cncc(-c2cccc3cccnc23)c1. The van der Waals surface area contributed by atoms with Gasteiger partial charge >= 0.3 is 0 Å². The first-order valence-corrected chi connectivity index (χ1v) is 6.30. The van der Waals surface area contributed by atoms with Crippen LogP contribution in [0.5, 0.6) is 0 Å². The standard InChI is InChI=1S/C16H15N3/c1-11(17)13-8-14(10-18-9-13)15-6-2-4-12-5-3-7-19-16(12)15/h2-11H,17H2,1H3. The quantitative estimate of drug-likeness (QED) is 0.758. The van der Waals surface area contributed by atoms with Crippen LogP contribution >= 0.6 is 0 Å². The molecule has 0 radical (unpaired) electrons. The van der Waals surface area contributed by atoms with Gasteiger partial charge in [-0.3, -0.25) is 9.97 Å². The third-order valence-electron chi connectivity index (χ3n) is 3.23. The van der Waals surface area contributed by atoms with Crippen molar-refractivity contribution in [2.24, 2.45) is 5.73 Å². The summed E-state index contributed by atoms with van der Waals surface area (Å²) in [6, 6.07) is 12.2. The molecular weight excluding hydrogens is 234 g/mol. The molecule has 0 aliphatic heterocycles. The van der Waals surface area contributed by atoms with Gasteiger partial charge in [0.25, 0.3) is 0 Å². The van der Waals surface area contributed by atoms with Gasteiger partial charge < -0.3 is 5.73 Å². The van der Waals surface area contributed by atoms with Gasteiger partial charge in [-0.15, -0.1) is 0 Å². The maximum Gasteiger partial charge on any atom is 0.0780 e. The first-order valence-electron chi connectivity index (χ1n) is 6.30. The molecule has 2 heterocycles. The Morgan fingerprint density at radius 1 is 1.11 bits per heavy atom. The van der Waals surface area contributed by atoms with Gasteiger partial charge in [0, 0.05) is 41.1 Å².